The molecule has 0 unspecified atom stereocenters. The Morgan fingerprint density at radius 1 is 1.26 bits per heavy atom. The number of phenols is 1. The molecule has 0 spiro atoms. The lowest BCUT2D eigenvalue weighted by Crippen LogP contribution is -2.00. The van der Waals surface area contributed by atoms with Gasteiger partial charge in [0.1, 0.15) is 11.5 Å². The van der Waals surface area contributed by atoms with E-state index in [0.717, 1.165) is 11.3 Å². The zero-order chi connectivity index (χ0) is 13.7. The van der Waals surface area contributed by atoms with Gasteiger partial charge in [-0.1, -0.05) is 6.07 Å². The van der Waals surface area contributed by atoms with Crippen LogP contribution < -0.4 is 10.1 Å². The molecule has 0 saturated carbocycles. The first-order valence-corrected chi connectivity index (χ1v) is 5.83. The average Bonchev–Trinajstić information content (AvgIpc) is 2.46. The van der Waals surface area contributed by atoms with E-state index in [-0.39, 0.29) is 5.75 Å². The molecule has 2 N–H and O–H groups in total. The van der Waals surface area contributed by atoms with E-state index in [4.69, 9.17) is 10.00 Å². The number of nitriles is 1. The highest BCUT2D eigenvalue weighted by Crippen LogP contribution is 2.23. The first-order valence-electron chi connectivity index (χ1n) is 5.83. The Balaban J connectivity index is 2.12. The highest BCUT2D eigenvalue weighted by Gasteiger charge is 2.03. The molecule has 19 heavy (non-hydrogen) atoms. The van der Waals surface area contributed by atoms with Crippen molar-refractivity contribution in [3.63, 3.8) is 0 Å². The number of methoxy groups -OCH3 is 1. The number of ether oxygens (including phenoxy) is 1. The van der Waals surface area contributed by atoms with Gasteiger partial charge in [-0.3, -0.25) is 0 Å². The molecule has 0 bridgehead atoms. The quantitative estimate of drug-likeness (QED) is 0.880. The number of benzene rings is 2. The Labute approximate surface area is 111 Å². The van der Waals surface area contributed by atoms with Crippen molar-refractivity contribution in [1.29, 1.82) is 5.26 Å². The third-order valence-electron chi connectivity index (χ3n) is 2.76. The summed E-state index contributed by atoms with van der Waals surface area (Å²) in [6, 6.07) is 14.4. The number of nitrogens with zero attached hydrogens (tertiary/aromatic N) is 1. The number of phenolic OH excluding ortho intramolecular Hbond substituents is 1. The summed E-state index contributed by atoms with van der Waals surface area (Å²) in [5, 5.41) is 21.7. The lowest BCUT2D eigenvalue weighted by atomic mass is 10.1. The minimum atomic E-state index is 0.213. The Bertz CT molecular complexity index is 618. The minimum absolute atomic E-state index is 0.213. The van der Waals surface area contributed by atoms with Crippen LogP contribution >= 0.6 is 0 Å². The molecule has 2 rings (SSSR count). The maximum atomic E-state index is 9.76. The summed E-state index contributed by atoms with van der Waals surface area (Å²) in [4.78, 5) is 0. The van der Waals surface area contributed by atoms with Gasteiger partial charge in [0.25, 0.3) is 0 Å². The zero-order valence-electron chi connectivity index (χ0n) is 10.6. The largest absolute Gasteiger partial charge is 0.508 e. The van der Waals surface area contributed by atoms with E-state index in [2.05, 4.69) is 11.4 Å². The summed E-state index contributed by atoms with van der Waals surface area (Å²) in [7, 11) is 1.58. The van der Waals surface area contributed by atoms with Crippen molar-refractivity contribution >= 4 is 5.69 Å². The van der Waals surface area contributed by atoms with Crippen molar-refractivity contribution in [2.75, 3.05) is 12.4 Å². The van der Waals surface area contributed by atoms with Crippen LogP contribution in [0.15, 0.2) is 42.5 Å². The zero-order valence-corrected chi connectivity index (χ0v) is 10.6. The maximum Gasteiger partial charge on any atom is 0.120 e. The number of nitrogens with one attached hydrogen (secondary N) is 1. The van der Waals surface area contributed by atoms with Crippen molar-refractivity contribution in [1.82, 2.24) is 0 Å². The second kappa shape index (κ2) is 5.78. The van der Waals surface area contributed by atoms with Gasteiger partial charge in [-0.2, -0.15) is 5.26 Å². The topological polar surface area (TPSA) is 65.3 Å². The summed E-state index contributed by atoms with van der Waals surface area (Å²) in [5.74, 6) is 0.908. The fraction of sp³-hybridized carbons (Fsp3) is 0.133. The molecule has 0 aromatic heterocycles. The summed E-state index contributed by atoms with van der Waals surface area (Å²) >= 11 is 0. The highest BCUT2D eigenvalue weighted by molar-refractivity contribution is 5.50. The minimum Gasteiger partial charge on any atom is -0.508 e. The second-order valence-corrected chi connectivity index (χ2v) is 4.04. The Morgan fingerprint density at radius 2 is 2.11 bits per heavy atom. The lowest BCUT2D eigenvalue weighted by molar-refractivity contribution is 0.411. The van der Waals surface area contributed by atoms with E-state index in [1.165, 1.54) is 0 Å². The molecule has 0 aliphatic rings. The summed E-state index contributed by atoms with van der Waals surface area (Å²) in [6.45, 7) is 0.456. The molecule has 96 valence electrons. The third kappa shape index (κ3) is 3.17. The number of anilines is 1. The summed E-state index contributed by atoms with van der Waals surface area (Å²) < 4.78 is 5.12. The highest BCUT2D eigenvalue weighted by atomic mass is 16.5. The fourth-order valence-electron chi connectivity index (χ4n) is 1.73. The van der Waals surface area contributed by atoms with Gasteiger partial charge in [0.15, 0.2) is 0 Å². The third-order valence-corrected chi connectivity index (χ3v) is 2.76. The van der Waals surface area contributed by atoms with E-state index < -0.39 is 0 Å². The monoisotopic (exact) mass is 254 g/mol. The van der Waals surface area contributed by atoms with Gasteiger partial charge in [-0.15, -0.1) is 0 Å². The van der Waals surface area contributed by atoms with Crippen LogP contribution in [0.3, 0.4) is 0 Å². The van der Waals surface area contributed by atoms with Gasteiger partial charge in [0.2, 0.25) is 0 Å². The van der Waals surface area contributed by atoms with E-state index in [0.29, 0.717) is 17.9 Å². The lowest BCUT2D eigenvalue weighted by Gasteiger charge is -2.10. The average molecular weight is 254 g/mol. The summed E-state index contributed by atoms with van der Waals surface area (Å²) in [6.07, 6.45) is 0. The van der Waals surface area contributed by atoms with Gasteiger partial charge >= 0.3 is 0 Å². The fourth-order valence-corrected chi connectivity index (χ4v) is 1.73. The van der Waals surface area contributed by atoms with Crippen molar-refractivity contribution in [2.45, 2.75) is 6.54 Å². The standard InChI is InChI=1S/C15H14N2O2/c1-19-14-5-6-15(18)12(8-14)10-17-13-4-2-3-11(7-13)9-16/h2-8,17-18H,10H2,1H3. The molecular formula is C15H14N2O2. The number of hydrogen-bond donors (Lipinski definition) is 2. The molecule has 0 amide bonds. The predicted octanol–water partition coefficient (Wildman–Crippen LogP) is 2.88. The smallest absolute Gasteiger partial charge is 0.120 e. The number of hydrogen-bond acceptors (Lipinski definition) is 4. The van der Waals surface area contributed by atoms with Crippen LogP contribution in [0.4, 0.5) is 5.69 Å². The normalized spacial score (nSPS) is 9.68. The molecule has 0 radical (unpaired) electrons. The van der Waals surface area contributed by atoms with Crippen LogP contribution in [0, 0.1) is 11.3 Å². The van der Waals surface area contributed by atoms with Crippen LogP contribution in [0.1, 0.15) is 11.1 Å². The number of rotatable bonds is 4. The van der Waals surface area contributed by atoms with Gasteiger partial charge in [0, 0.05) is 17.8 Å². The van der Waals surface area contributed by atoms with Gasteiger partial charge in [-0.25, -0.2) is 0 Å². The maximum absolute atomic E-state index is 9.76. The molecule has 0 aliphatic carbocycles. The molecule has 4 nitrogen and oxygen atoms in total. The molecule has 2 aromatic rings. The first kappa shape index (κ1) is 12.8. The Hall–Kier alpha value is -2.67. The SMILES string of the molecule is COc1ccc(O)c(CNc2cccc(C#N)c2)c1. The van der Waals surface area contributed by atoms with Crippen LogP contribution in [0.5, 0.6) is 11.5 Å². The molecule has 0 atom stereocenters. The second-order valence-electron chi connectivity index (χ2n) is 4.04. The van der Waals surface area contributed by atoms with E-state index in [1.54, 1.807) is 37.4 Å². The van der Waals surface area contributed by atoms with E-state index >= 15 is 0 Å². The summed E-state index contributed by atoms with van der Waals surface area (Å²) in [5.41, 5.74) is 2.17. The van der Waals surface area contributed by atoms with Crippen molar-refractivity contribution in [3.8, 4) is 17.6 Å². The van der Waals surface area contributed by atoms with Crippen LogP contribution in [0.25, 0.3) is 0 Å². The van der Waals surface area contributed by atoms with E-state index in [9.17, 15) is 5.11 Å². The van der Waals surface area contributed by atoms with Gasteiger partial charge < -0.3 is 15.2 Å². The Kier molecular flexibility index (Phi) is 3.89. The molecule has 2 aromatic carbocycles. The predicted molar refractivity (Wildman–Crippen MR) is 73.1 cm³/mol. The number of aromatic hydroxyl groups is 1. The van der Waals surface area contributed by atoms with Crippen LogP contribution in [-0.4, -0.2) is 12.2 Å². The molecule has 0 saturated heterocycles. The first-order chi connectivity index (χ1) is 9.22. The van der Waals surface area contributed by atoms with Crippen molar-refractivity contribution in [3.05, 3.63) is 53.6 Å². The molecule has 0 fully saturated rings. The van der Waals surface area contributed by atoms with Gasteiger partial charge in [0.05, 0.1) is 18.7 Å². The Morgan fingerprint density at radius 3 is 2.84 bits per heavy atom. The van der Waals surface area contributed by atoms with Crippen molar-refractivity contribution < 1.29 is 9.84 Å². The van der Waals surface area contributed by atoms with E-state index in [1.807, 2.05) is 12.1 Å². The molecule has 0 heterocycles. The molecular weight excluding hydrogens is 240 g/mol. The van der Waals surface area contributed by atoms with Crippen molar-refractivity contribution in [2.24, 2.45) is 0 Å². The van der Waals surface area contributed by atoms with Gasteiger partial charge in [-0.05, 0) is 36.4 Å². The van der Waals surface area contributed by atoms with Crippen LogP contribution in [-0.2, 0) is 6.54 Å². The molecule has 0 aliphatic heterocycles. The van der Waals surface area contributed by atoms with Crippen LogP contribution in [0.2, 0.25) is 0 Å². The molecule has 4 heteroatoms.